The van der Waals surface area contributed by atoms with Crippen LogP contribution in [0, 0.1) is 5.82 Å². The van der Waals surface area contributed by atoms with Crippen molar-refractivity contribution in [2.45, 2.75) is 19.5 Å². The Hall–Kier alpha value is -2.41. The summed E-state index contributed by atoms with van der Waals surface area (Å²) in [7, 11) is 1.51. The number of hydrogen-bond acceptors (Lipinski definition) is 2. The van der Waals surface area contributed by atoms with E-state index >= 15 is 0 Å². The summed E-state index contributed by atoms with van der Waals surface area (Å²) < 4.78 is 43.1. The zero-order chi connectivity index (χ0) is 19.1. The first-order chi connectivity index (χ1) is 12.4. The van der Waals surface area contributed by atoms with Crippen LogP contribution in [0.1, 0.15) is 11.1 Å². The molecule has 2 aromatic rings. The fourth-order valence-corrected chi connectivity index (χ4v) is 2.43. The maximum atomic E-state index is 13.8. The number of hydrogen-bond donors (Lipinski definition) is 1. The van der Waals surface area contributed by atoms with Crippen LogP contribution in [-0.4, -0.2) is 31.0 Å². The van der Waals surface area contributed by atoms with E-state index in [2.05, 4.69) is 5.32 Å². The van der Waals surface area contributed by atoms with Crippen molar-refractivity contribution < 1.29 is 22.7 Å². The van der Waals surface area contributed by atoms with Gasteiger partial charge in [-0.2, -0.15) is 0 Å². The number of urea groups is 1. The van der Waals surface area contributed by atoms with Crippen molar-refractivity contribution in [2.75, 3.05) is 13.7 Å². The fourth-order valence-electron chi connectivity index (χ4n) is 2.21. The van der Waals surface area contributed by atoms with Crippen molar-refractivity contribution in [3.8, 4) is 5.75 Å². The van der Waals surface area contributed by atoms with Gasteiger partial charge in [-0.1, -0.05) is 29.8 Å². The van der Waals surface area contributed by atoms with Crippen molar-refractivity contribution >= 4 is 17.6 Å². The molecule has 0 bridgehead atoms. The molecular weight excluding hydrogens is 369 g/mol. The molecule has 26 heavy (non-hydrogen) atoms. The molecule has 0 radical (unpaired) electrons. The monoisotopic (exact) mass is 386 g/mol. The van der Waals surface area contributed by atoms with E-state index in [1.54, 1.807) is 30.3 Å². The number of carbonyl (C=O) groups is 1. The Balaban J connectivity index is 1.90. The SMILES string of the molecule is CN(Cc1c(F)cccc1Cl)C(=O)NCc1cccc(OCC(F)F)c1. The highest BCUT2D eigenvalue weighted by atomic mass is 35.5. The highest BCUT2D eigenvalue weighted by Gasteiger charge is 2.14. The van der Waals surface area contributed by atoms with Gasteiger partial charge in [0.15, 0.2) is 0 Å². The summed E-state index contributed by atoms with van der Waals surface area (Å²) in [6, 6.07) is 10.4. The maximum Gasteiger partial charge on any atom is 0.317 e. The van der Waals surface area contributed by atoms with Crippen LogP contribution >= 0.6 is 11.6 Å². The molecule has 0 spiro atoms. The van der Waals surface area contributed by atoms with Gasteiger partial charge < -0.3 is 15.0 Å². The molecule has 0 aliphatic rings. The van der Waals surface area contributed by atoms with Gasteiger partial charge in [0.05, 0.1) is 6.54 Å². The van der Waals surface area contributed by atoms with Gasteiger partial charge in [0.2, 0.25) is 0 Å². The lowest BCUT2D eigenvalue weighted by atomic mass is 10.2. The Bertz CT molecular complexity index is 739. The van der Waals surface area contributed by atoms with Crippen LogP contribution in [-0.2, 0) is 13.1 Å². The van der Waals surface area contributed by atoms with Crippen molar-refractivity contribution in [3.63, 3.8) is 0 Å². The van der Waals surface area contributed by atoms with Crippen LogP contribution in [0.25, 0.3) is 0 Å². The molecule has 0 saturated heterocycles. The van der Waals surface area contributed by atoms with Gasteiger partial charge in [0, 0.05) is 24.2 Å². The number of nitrogens with one attached hydrogen (secondary N) is 1. The third kappa shape index (κ3) is 5.84. The fraction of sp³-hybridized carbons (Fsp3) is 0.278. The molecule has 0 saturated carbocycles. The molecule has 2 rings (SSSR count). The Morgan fingerprint density at radius 3 is 2.69 bits per heavy atom. The summed E-state index contributed by atoms with van der Waals surface area (Å²) in [5.41, 5.74) is 0.914. The molecule has 8 heteroatoms. The molecule has 140 valence electrons. The van der Waals surface area contributed by atoms with E-state index in [0.717, 1.165) is 0 Å². The number of ether oxygens (including phenoxy) is 1. The Kier molecular flexibility index (Phi) is 7.15. The molecule has 0 aliphatic heterocycles. The van der Waals surface area contributed by atoms with Gasteiger partial charge >= 0.3 is 6.03 Å². The molecule has 4 nitrogen and oxygen atoms in total. The predicted octanol–water partition coefficient (Wildman–Crippen LogP) is 4.46. The van der Waals surface area contributed by atoms with Crippen LogP contribution in [0.4, 0.5) is 18.0 Å². The quantitative estimate of drug-likeness (QED) is 0.763. The normalized spacial score (nSPS) is 10.7. The van der Waals surface area contributed by atoms with Gasteiger partial charge in [-0.05, 0) is 29.8 Å². The molecule has 0 fully saturated rings. The van der Waals surface area contributed by atoms with E-state index in [0.29, 0.717) is 11.3 Å². The van der Waals surface area contributed by atoms with E-state index in [9.17, 15) is 18.0 Å². The number of amides is 2. The topological polar surface area (TPSA) is 41.6 Å². The minimum absolute atomic E-state index is 0.00881. The van der Waals surface area contributed by atoms with Crippen molar-refractivity contribution in [1.29, 1.82) is 0 Å². The van der Waals surface area contributed by atoms with Gasteiger partial charge in [-0.25, -0.2) is 18.0 Å². The van der Waals surface area contributed by atoms with Crippen LogP contribution < -0.4 is 10.1 Å². The van der Waals surface area contributed by atoms with Crippen molar-refractivity contribution in [1.82, 2.24) is 10.2 Å². The molecule has 1 N–H and O–H groups in total. The summed E-state index contributed by atoms with van der Waals surface area (Å²) in [5, 5.41) is 2.91. The van der Waals surface area contributed by atoms with Crippen molar-refractivity contribution in [2.24, 2.45) is 0 Å². The predicted molar refractivity (Wildman–Crippen MR) is 93.1 cm³/mol. The van der Waals surface area contributed by atoms with E-state index < -0.39 is 24.9 Å². The third-order valence-corrected chi connectivity index (χ3v) is 3.88. The lowest BCUT2D eigenvalue weighted by Crippen LogP contribution is -2.36. The standard InChI is InChI=1S/C18H18ClF3N2O2/c1-24(10-14-15(19)6-3-7-16(14)20)18(25)23-9-12-4-2-5-13(8-12)26-11-17(21)22/h2-8,17H,9-11H2,1H3,(H,23,25). The Labute approximate surface area is 154 Å². The minimum atomic E-state index is -2.56. The summed E-state index contributed by atoms with van der Waals surface area (Å²) in [6.45, 7) is -0.517. The molecule has 0 unspecified atom stereocenters. The third-order valence-electron chi connectivity index (χ3n) is 3.52. The van der Waals surface area contributed by atoms with Gasteiger partial charge in [-0.15, -0.1) is 0 Å². The molecule has 0 atom stereocenters. The zero-order valence-corrected chi connectivity index (χ0v) is 14.8. The maximum absolute atomic E-state index is 13.8. The Morgan fingerprint density at radius 2 is 2.00 bits per heavy atom. The lowest BCUT2D eigenvalue weighted by molar-refractivity contribution is 0.0818. The number of benzene rings is 2. The molecule has 0 aliphatic carbocycles. The second kappa shape index (κ2) is 9.33. The van der Waals surface area contributed by atoms with Gasteiger partial charge in [0.25, 0.3) is 6.43 Å². The number of rotatable bonds is 7. The van der Waals surface area contributed by atoms with E-state index in [4.69, 9.17) is 16.3 Å². The largest absolute Gasteiger partial charge is 0.488 e. The van der Waals surface area contributed by atoms with E-state index in [-0.39, 0.29) is 23.7 Å². The van der Waals surface area contributed by atoms with Crippen LogP contribution in [0.2, 0.25) is 5.02 Å². The number of halogens is 4. The van der Waals surface area contributed by atoms with Crippen molar-refractivity contribution in [3.05, 3.63) is 64.4 Å². The average molecular weight is 387 g/mol. The average Bonchev–Trinajstić information content (AvgIpc) is 2.61. The first-order valence-electron chi connectivity index (χ1n) is 7.78. The summed E-state index contributed by atoms with van der Waals surface area (Å²) in [6.07, 6.45) is -2.56. The van der Waals surface area contributed by atoms with Crippen LogP contribution in [0.15, 0.2) is 42.5 Å². The van der Waals surface area contributed by atoms with E-state index in [1.807, 2.05) is 0 Å². The first kappa shape index (κ1) is 19.9. The summed E-state index contributed by atoms with van der Waals surface area (Å²) in [4.78, 5) is 13.5. The smallest absolute Gasteiger partial charge is 0.317 e. The molecule has 2 amide bonds. The molecule has 0 aromatic heterocycles. The Morgan fingerprint density at radius 1 is 1.27 bits per heavy atom. The number of carbonyl (C=O) groups excluding carboxylic acids is 1. The molecule has 0 heterocycles. The summed E-state index contributed by atoms with van der Waals surface area (Å²) >= 11 is 5.95. The van der Waals surface area contributed by atoms with E-state index in [1.165, 1.54) is 24.1 Å². The molecule has 2 aromatic carbocycles. The number of alkyl halides is 2. The summed E-state index contributed by atoms with van der Waals surface area (Å²) in [5.74, 6) is -0.190. The van der Waals surface area contributed by atoms with Gasteiger partial charge in [0.1, 0.15) is 18.2 Å². The lowest BCUT2D eigenvalue weighted by Gasteiger charge is -2.19. The zero-order valence-electron chi connectivity index (χ0n) is 14.0. The second-order valence-electron chi connectivity index (χ2n) is 5.56. The number of nitrogens with zero attached hydrogens (tertiary/aromatic N) is 1. The van der Waals surface area contributed by atoms with Crippen LogP contribution in [0.3, 0.4) is 0 Å². The van der Waals surface area contributed by atoms with Gasteiger partial charge in [-0.3, -0.25) is 0 Å². The molecular formula is C18H18ClF3N2O2. The second-order valence-corrected chi connectivity index (χ2v) is 5.97. The highest BCUT2D eigenvalue weighted by Crippen LogP contribution is 2.20. The first-order valence-corrected chi connectivity index (χ1v) is 8.16. The van der Waals surface area contributed by atoms with Crippen LogP contribution in [0.5, 0.6) is 5.75 Å². The minimum Gasteiger partial charge on any atom is -0.488 e. The highest BCUT2D eigenvalue weighted by molar-refractivity contribution is 6.31.